The average Bonchev–Trinajstić information content (AvgIpc) is 2.73. The molecule has 4 heteroatoms. The fraction of sp³-hybridized carbons (Fsp3) is 0.923. The minimum absolute atomic E-state index is 0.0468. The molecule has 1 saturated carbocycles. The fourth-order valence-corrected chi connectivity index (χ4v) is 4.46. The van der Waals surface area contributed by atoms with Crippen molar-refractivity contribution >= 4 is 11.9 Å². The molecule has 0 aliphatic heterocycles. The molecule has 4 unspecified atom stereocenters. The molecule has 0 heterocycles. The Morgan fingerprint density at radius 3 is 1.30 bits per heavy atom. The van der Waals surface area contributed by atoms with Crippen LogP contribution in [0.4, 0.5) is 0 Å². The van der Waals surface area contributed by atoms with Gasteiger partial charge in [0.1, 0.15) is 0 Å². The van der Waals surface area contributed by atoms with Crippen molar-refractivity contribution in [2.75, 3.05) is 13.2 Å². The van der Waals surface area contributed by atoms with Gasteiger partial charge in [0.2, 0.25) is 0 Å². The van der Waals surface area contributed by atoms with Gasteiger partial charge in [0, 0.05) is 0 Å². The Morgan fingerprint density at radius 1 is 0.667 bits per heavy atom. The highest BCUT2D eigenvalue weighted by molar-refractivity contribution is 5.75. The number of carbonyl (C=O) groups is 2. The zero-order chi connectivity index (χ0) is 22.5. The molecule has 176 valence electrons. The van der Waals surface area contributed by atoms with Crippen LogP contribution < -0.4 is 0 Å². The first-order valence-electron chi connectivity index (χ1n) is 12.6. The standard InChI is InChI=1S/C26H48O4/c1-7-19(3)17-21(5)13-15-29-25(27)23-9-11-24(12-10-23)26(28)30-16-14-22(6)18-20(4)8-2/h19-24H,7-18H2,1-6H3. The maximum absolute atomic E-state index is 12.4. The Morgan fingerprint density at radius 2 is 1.00 bits per heavy atom. The van der Waals surface area contributed by atoms with Crippen molar-refractivity contribution in [3.8, 4) is 0 Å². The van der Waals surface area contributed by atoms with E-state index in [0.717, 1.165) is 50.4 Å². The van der Waals surface area contributed by atoms with Gasteiger partial charge in [-0.3, -0.25) is 9.59 Å². The first kappa shape index (κ1) is 27.0. The monoisotopic (exact) mass is 424 g/mol. The van der Waals surface area contributed by atoms with E-state index in [2.05, 4.69) is 41.5 Å². The van der Waals surface area contributed by atoms with Crippen LogP contribution >= 0.6 is 0 Å². The molecule has 0 saturated heterocycles. The van der Waals surface area contributed by atoms with Gasteiger partial charge in [0.15, 0.2) is 0 Å². The zero-order valence-corrected chi connectivity index (χ0v) is 20.6. The van der Waals surface area contributed by atoms with Gasteiger partial charge in [-0.2, -0.15) is 0 Å². The van der Waals surface area contributed by atoms with E-state index in [1.807, 2.05) is 0 Å². The largest absolute Gasteiger partial charge is 0.465 e. The van der Waals surface area contributed by atoms with E-state index < -0.39 is 0 Å². The second-order valence-corrected chi connectivity index (χ2v) is 10.2. The summed E-state index contributed by atoms with van der Waals surface area (Å²) in [7, 11) is 0. The summed E-state index contributed by atoms with van der Waals surface area (Å²) in [5.41, 5.74) is 0. The van der Waals surface area contributed by atoms with Gasteiger partial charge in [-0.05, 0) is 75.0 Å². The SMILES string of the molecule is CCC(C)CC(C)CCOC(=O)C1CCC(C(=O)OCCC(C)CC(C)CC)CC1. The fourth-order valence-electron chi connectivity index (χ4n) is 4.46. The Kier molecular flexibility index (Phi) is 13.4. The summed E-state index contributed by atoms with van der Waals surface area (Å²) >= 11 is 0. The third kappa shape index (κ3) is 10.8. The third-order valence-corrected chi connectivity index (χ3v) is 7.11. The normalized spacial score (nSPS) is 23.3. The van der Waals surface area contributed by atoms with Crippen LogP contribution in [-0.4, -0.2) is 25.2 Å². The second-order valence-electron chi connectivity index (χ2n) is 10.2. The molecule has 0 amide bonds. The summed E-state index contributed by atoms with van der Waals surface area (Å²) < 4.78 is 11.1. The van der Waals surface area contributed by atoms with Crippen LogP contribution in [0, 0.1) is 35.5 Å². The first-order chi connectivity index (χ1) is 14.3. The number of hydrogen-bond donors (Lipinski definition) is 0. The minimum atomic E-state index is -0.0728. The van der Waals surface area contributed by atoms with Gasteiger partial charge in [0.05, 0.1) is 25.0 Å². The number of esters is 2. The molecule has 0 aromatic rings. The summed E-state index contributed by atoms with van der Waals surface area (Å²) in [6, 6.07) is 0. The van der Waals surface area contributed by atoms with Gasteiger partial charge in [-0.1, -0.05) is 54.4 Å². The summed E-state index contributed by atoms with van der Waals surface area (Å²) in [5.74, 6) is 2.40. The first-order valence-corrected chi connectivity index (χ1v) is 12.6. The lowest BCUT2D eigenvalue weighted by molar-refractivity contribution is -0.155. The van der Waals surface area contributed by atoms with Gasteiger partial charge in [-0.15, -0.1) is 0 Å². The number of hydrogen-bond acceptors (Lipinski definition) is 4. The second kappa shape index (κ2) is 14.9. The number of rotatable bonds is 14. The number of ether oxygens (including phenoxy) is 2. The Bertz CT molecular complexity index is 437. The lowest BCUT2D eigenvalue weighted by Gasteiger charge is -2.26. The van der Waals surface area contributed by atoms with Gasteiger partial charge in [-0.25, -0.2) is 0 Å². The van der Waals surface area contributed by atoms with Crippen LogP contribution in [-0.2, 0) is 19.1 Å². The van der Waals surface area contributed by atoms with Crippen LogP contribution in [0.1, 0.15) is 106 Å². The molecule has 30 heavy (non-hydrogen) atoms. The molecule has 1 aliphatic carbocycles. The van der Waals surface area contributed by atoms with Crippen molar-refractivity contribution in [1.29, 1.82) is 0 Å². The van der Waals surface area contributed by atoms with Crippen molar-refractivity contribution in [1.82, 2.24) is 0 Å². The molecule has 0 aromatic carbocycles. The Balaban J connectivity index is 2.19. The maximum Gasteiger partial charge on any atom is 0.308 e. The maximum atomic E-state index is 12.4. The molecule has 1 fully saturated rings. The molecule has 0 N–H and O–H groups in total. The van der Waals surface area contributed by atoms with Crippen LogP contribution in [0.2, 0.25) is 0 Å². The van der Waals surface area contributed by atoms with E-state index >= 15 is 0 Å². The molecule has 0 bridgehead atoms. The quantitative estimate of drug-likeness (QED) is 0.288. The minimum Gasteiger partial charge on any atom is -0.465 e. The van der Waals surface area contributed by atoms with Crippen LogP contribution in [0.25, 0.3) is 0 Å². The summed E-state index contributed by atoms with van der Waals surface area (Å²) in [6.45, 7) is 14.5. The molecule has 0 spiro atoms. The van der Waals surface area contributed by atoms with Crippen molar-refractivity contribution in [3.63, 3.8) is 0 Å². The van der Waals surface area contributed by atoms with Crippen molar-refractivity contribution < 1.29 is 19.1 Å². The Labute approximate surface area is 185 Å². The lowest BCUT2D eigenvalue weighted by Crippen LogP contribution is -2.29. The van der Waals surface area contributed by atoms with Crippen molar-refractivity contribution in [2.45, 2.75) is 106 Å². The average molecular weight is 425 g/mol. The van der Waals surface area contributed by atoms with E-state index in [1.165, 1.54) is 25.7 Å². The molecular weight excluding hydrogens is 376 g/mol. The van der Waals surface area contributed by atoms with Crippen LogP contribution in [0.3, 0.4) is 0 Å². The van der Waals surface area contributed by atoms with Crippen molar-refractivity contribution in [3.05, 3.63) is 0 Å². The van der Waals surface area contributed by atoms with E-state index in [4.69, 9.17) is 9.47 Å². The summed E-state index contributed by atoms with van der Waals surface area (Å²) in [5, 5.41) is 0. The molecule has 1 aliphatic rings. The van der Waals surface area contributed by atoms with E-state index in [9.17, 15) is 9.59 Å². The highest BCUT2D eigenvalue weighted by Gasteiger charge is 2.31. The van der Waals surface area contributed by atoms with E-state index in [-0.39, 0.29) is 23.8 Å². The smallest absolute Gasteiger partial charge is 0.308 e. The topological polar surface area (TPSA) is 52.6 Å². The lowest BCUT2D eigenvalue weighted by atomic mass is 9.82. The molecule has 4 atom stereocenters. The predicted molar refractivity (Wildman–Crippen MR) is 123 cm³/mol. The predicted octanol–water partition coefficient (Wildman–Crippen LogP) is 6.80. The zero-order valence-electron chi connectivity index (χ0n) is 20.6. The van der Waals surface area contributed by atoms with Crippen molar-refractivity contribution in [2.24, 2.45) is 35.5 Å². The van der Waals surface area contributed by atoms with E-state index in [0.29, 0.717) is 25.0 Å². The highest BCUT2D eigenvalue weighted by atomic mass is 16.5. The summed E-state index contributed by atoms with van der Waals surface area (Å²) in [6.07, 6.45) is 9.63. The van der Waals surface area contributed by atoms with Gasteiger partial charge >= 0.3 is 11.9 Å². The third-order valence-electron chi connectivity index (χ3n) is 7.11. The van der Waals surface area contributed by atoms with E-state index in [1.54, 1.807) is 0 Å². The van der Waals surface area contributed by atoms with Crippen LogP contribution in [0.15, 0.2) is 0 Å². The van der Waals surface area contributed by atoms with Gasteiger partial charge < -0.3 is 9.47 Å². The molecule has 1 rings (SSSR count). The number of carbonyl (C=O) groups excluding carboxylic acids is 2. The Hall–Kier alpha value is -1.06. The molecule has 0 radical (unpaired) electrons. The molecule has 4 nitrogen and oxygen atoms in total. The molecule has 0 aromatic heterocycles. The molecular formula is C26H48O4. The highest BCUT2D eigenvalue weighted by Crippen LogP contribution is 2.31. The van der Waals surface area contributed by atoms with Crippen LogP contribution in [0.5, 0.6) is 0 Å². The summed E-state index contributed by atoms with van der Waals surface area (Å²) in [4.78, 5) is 24.7. The van der Waals surface area contributed by atoms with Gasteiger partial charge in [0.25, 0.3) is 0 Å².